The highest BCUT2D eigenvalue weighted by Crippen LogP contribution is 2.43. The van der Waals surface area contributed by atoms with E-state index in [2.05, 4.69) is 262 Å². The molecule has 8 aromatic carbocycles. The molecule has 2 N–H and O–H groups in total. The van der Waals surface area contributed by atoms with Crippen LogP contribution in [0.15, 0.2) is 224 Å². The summed E-state index contributed by atoms with van der Waals surface area (Å²) in [4.78, 5) is 32.8. The Hall–Kier alpha value is -11.2. The van der Waals surface area contributed by atoms with Gasteiger partial charge >= 0.3 is 5.97 Å². The molecule has 0 unspecified atom stereocenters. The van der Waals surface area contributed by atoms with E-state index in [0.29, 0.717) is 29.4 Å². The molecule has 101 heavy (non-hydrogen) atoms. The van der Waals surface area contributed by atoms with Crippen molar-refractivity contribution in [3.05, 3.63) is 274 Å². The minimum Gasteiger partial charge on any atom is -0.508 e. The molecule has 0 radical (unpaired) electrons. The first-order valence-corrected chi connectivity index (χ1v) is 35.3. The van der Waals surface area contributed by atoms with E-state index in [1.54, 1.807) is 18.2 Å². The van der Waals surface area contributed by atoms with Gasteiger partial charge in [0.25, 0.3) is 0 Å². The maximum absolute atomic E-state index is 10.1. The highest BCUT2D eigenvalue weighted by atomic mass is 79.9. The minimum atomic E-state index is -0.990. The van der Waals surface area contributed by atoms with Gasteiger partial charge in [-0.3, -0.25) is 17.9 Å². The summed E-state index contributed by atoms with van der Waals surface area (Å²) in [6.07, 6.45) is 13.5. The maximum atomic E-state index is 10.1. The van der Waals surface area contributed by atoms with Crippen LogP contribution in [0.25, 0.3) is 110 Å². The Balaban J connectivity index is 0.000000124. The van der Waals surface area contributed by atoms with Gasteiger partial charge in [-0.1, -0.05) is 139 Å². The lowest BCUT2D eigenvalue weighted by atomic mass is 9.91. The fourth-order valence-corrected chi connectivity index (χ4v) is 15.2. The second-order valence-corrected chi connectivity index (χ2v) is 28.5. The van der Waals surface area contributed by atoms with E-state index >= 15 is 0 Å². The molecule has 502 valence electrons. The van der Waals surface area contributed by atoms with E-state index in [-0.39, 0.29) is 13.1 Å². The molecule has 11 heterocycles. The van der Waals surface area contributed by atoms with Crippen molar-refractivity contribution in [2.45, 2.75) is 112 Å². The molecule has 0 aliphatic carbocycles. The number of aromatic hydroxyl groups is 1. The van der Waals surface area contributed by atoms with Crippen LogP contribution in [-0.4, -0.2) is 59.0 Å². The second-order valence-electron chi connectivity index (χ2n) is 27.6. The summed E-state index contributed by atoms with van der Waals surface area (Å²) in [6, 6.07) is 64.8. The molecule has 0 saturated carbocycles. The number of aromatic nitrogens is 9. The van der Waals surface area contributed by atoms with Crippen molar-refractivity contribution in [2.75, 3.05) is 0 Å². The Labute approximate surface area is 594 Å². The first kappa shape index (κ1) is 65.7. The third kappa shape index (κ3) is 11.7. The number of aromatic carboxylic acids is 1. The molecule has 17 aromatic rings. The third-order valence-electron chi connectivity index (χ3n) is 20.0. The molecular formula is C87H78BrN9O4. The Bertz CT molecular complexity index is 6120. The number of pyridine rings is 5. The summed E-state index contributed by atoms with van der Waals surface area (Å²) in [6.45, 7) is 17.9. The summed E-state index contributed by atoms with van der Waals surface area (Å²) in [5.74, 6) is 4.65. The van der Waals surface area contributed by atoms with Crippen molar-refractivity contribution >= 4 is 120 Å². The predicted octanol–water partition coefficient (Wildman–Crippen LogP) is 22.3. The first-order valence-electron chi connectivity index (χ1n) is 34.5. The number of imidazole rings is 2. The molecule has 14 heteroatoms. The number of carbonyl (C=O) groups is 1. The molecule has 0 atom stereocenters. The molecule has 2 aliphatic heterocycles. The second kappa shape index (κ2) is 26.5. The standard InChI is InChI=1S/C40H34N4O.C20H17BrN2.C20H18N2O.C6H5NO2.CH4/c1-23(2)25-15-16-41-38(19-25)44-36-8-6-5-7-32(36)33-14-12-30(21-37(33)44)45-29-11-13-31-34-18-27(24(3)4)17-26-9-10-28-22-42-40(35(31)20-29)43(28)39(26)34;1-13(2)14-9-10-22-20(11-14)23-18-6-4-3-5-16(18)17-8-7-15(21)12-19(17)23;1-11(2)13-7-12-3-4-14-10-21-20-18-9-15(23)5-6-16(18)17(8-13)19(12)22(14)20;8-6(9)5-3-1-2-4-7-5;/h5-8,11-24H,9-10H2,1-4H3;3-13H,1-2H3;5-11,23H,3-4H2,1-2H3;1-4H,(H,8,9);1H4. The zero-order valence-electron chi connectivity index (χ0n) is 57.0. The normalized spacial score (nSPS) is 12.4. The van der Waals surface area contributed by atoms with Crippen LogP contribution in [0.1, 0.15) is 142 Å². The number of ether oxygens (including phenoxy) is 1. The zero-order valence-corrected chi connectivity index (χ0v) is 58.6. The summed E-state index contributed by atoms with van der Waals surface area (Å²) in [5.41, 5.74) is 19.9. The monoisotopic (exact) mass is 1390 g/mol. The van der Waals surface area contributed by atoms with Crippen molar-refractivity contribution < 1.29 is 19.7 Å². The molecule has 2 aliphatic rings. The van der Waals surface area contributed by atoms with Crippen molar-refractivity contribution in [3.63, 3.8) is 0 Å². The van der Waals surface area contributed by atoms with Gasteiger partial charge in [0.1, 0.15) is 45.9 Å². The number of benzene rings is 8. The number of carboxylic acid groups (broad SMARTS) is 1. The SMILES string of the molecule is C.CC(C)c1cc2c3c(c1)c1ccc(O)cc1c1ncc(n13)CC2.CC(C)c1ccnc(-n2c3ccccc3c3ccc(Br)cc32)c1.CC(C)c1ccnc(-n2c3ccccc3c3ccc(Oc4ccc5c(c4)c4ncc6n4c4c(cc(C(C)C)cc54)CC6)cc32)c1.O=C(O)c1ccccn1. The van der Waals surface area contributed by atoms with Gasteiger partial charge in [-0.2, -0.15) is 0 Å². The number of aryl methyl sites for hydroxylation is 4. The Morgan fingerprint density at radius 1 is 0.416 bits per heavy atom. The van der Waals surface area contributed by atoms with E-state index in [1.165, 1.54) is 122 Å². The largest absolute Gasteiger partial charge is 0.508 e. The molecule has 19 rings (SSSR count). The summed E-state index contributed by atoms with van der Waals surface area (Å²) in [5, 5.41) is 30.3. The molecule has 0 fully saturated rings. The van der Waals surface area contributed by atoms with Gasteiger partial charge in [0.05, 0.1) is 33.1 Å². The number of hydrogen-bond donors (Lipinski definition) is 2. The van der Waals surface area contributed by atoms with Crippen molar-refractivity contribution in [2.24, 2.45) is 0 Å². The van der Waals surface area contributed by atoms with E-state index in [4.69, 9.17) is 19.8 Å². The average molecular weight is 1390 g/mol. The maximum Gasteiger partial charge on any atom is 0.354 e. The molecule has 13 nitrogen and oxygen atoms in total. The number of fused-ring (bicyclic) bond motifs is 12. The minimum absolute atomic E-state index is 0. The number of hydrogen-bond acceptors (Lipinski definition) is 8. The fraction of sp³-hybridized carbons (Fsp3) is 0.195. The lowest BCUT2D eigenvalue weighted by Gasteiger charge is -2.21. The Morgan fingerprint density at radius 2 is 0.881 bits per heavy atom. The van der Waals surface area contributed by atoms with Gasteiger partial charge in [-0.25, -0.2) is 29.7 Å². The van der Waals surface area contributed by atoms with Crippen molar-refractivity contribution in [1.29, 1.82) is 0 Å². The van der Waals surface area contributed by atoms with Gasteiger partial charge in [-0.15, -0.1) is 0 Å². The smallest absolute Gasteiger partial charge is 0.354 e. The van der Waals surface area contributed by atoms with E-state index in [0.717, 1.165) is 86.4 Å². The number of para-hydroxylation sites is 2. The quantitative estimate of drug-likeness (QED) is 0.135. The lowest BCUT2D eigenvalue weighted by molar-refractivity contribution is 0.0690. The molecular weight excluding hydrogens is 1310 g/mol. The molecule has 0 saturated heterocycles. The Kier molecular flexibility index (Phi) is 17.2. The van der Waals surface area contributed by atoms with Crippen LogP contribution in [0.3, 0.4) is 0 Å². The zero-order chi connectivity index (χ0) is 68.8. The van der Waals surface area contributed by atoms with E-state index < -0.39 is 5.97 Å². The van der Waals surface area contributed by atoms with Crippen LogP contribution in [0.2, 0.25) is 0 Å². The van der Waals surface area contributed by atoms with Crippen LogP contribution < -0.4 is 4.74 Å². The highest BCUT2D eigenvalue weighted by molar-refractivity contribution is 9.10. The average Bonchev–Trinajstić information content (AvgIpc) is 1.72. The highest BCUT2D eigenvalue weighted by Gasteiger charge is 2.25. The van der Waals surface area contributed by atoms with Crippen LogP contribution >= 0.6 is 15.9 Å². The molecule has 0 amide bonds. The summed E-state index contributed by atoms with van der Waals surface area (Å²) < 4.78 is 16.9. The predicted molar refractivity (Wildman–Crippen MR) is 416 cm³/mol. The number of nitrogens with zero attached hydrogens (tertiary/aromatic N) is 9. The van der Waals surface area contributed by atoms with Crippen molar-refractivity contribution in [1.82, 2.24) is 42.9 Å². The number of rotatable bonds is 9. The van der Waals surface area contributed by atoms with Crippen molar-refractivity contribution in [3.8, 4) is 28.9 Å². The van der Waals surface area contributed by atoms with Crippen LogP contribution in [-0.2, 0) is 25.7 Å². The van der Waals surface area contributed by atoms with Crippen LogP contribution in [0.5, 0.6) is 17.2 Å². The molecule has 0 bridgehead atoms. The number of carboxylic acids is 1. The molecule has 0 spiro atoms. The molecule has 9 aromatic heterocycles. The summed E-state index contributed by atoms with van der Waals surface area (Å²) in [7, 11) is 0. The fourth-order valence-electron chi connectivity index (χ4n) is 14.8. The number of phenolic OH excluding ortho intramolecular Hbond substituents is 1. The van der Waals surface area contributed by atoms with Gasteiger partial charge < -0.3 is 14.9 Å². The first-order chi connectivity index (χ1) is 48.5. The van der Waals surface area contributed by atoms with Gasteiger partial charge in [0.15, 0.2) is 0 Å². The Morgan fingerprint density at radius 3 is 1.39 bits per heavy atom. The topological polar surface area (TPSA) is 150 Å². The van der Waals surface area contributed by atoms with Gasteiger partial charge in [-0.05, 0) is 215 Å². The van der Waals surface area contributed by atoms with E-state index in [1.807, 2.05) is 30.7 Å². The van der Waals surface area contributed by atoms with Crippen LogP contribution in [0, 0.1) is 0 Å². The van der Waals surface area contributed by atoms with Crippen LogP contribution in [0.4, 0.5) is 0 Å². The third-order valence-corrected chi connectivity index (χ3v) is 20.5. The van der Waals surface area contributed by atoms with Gasteiger partial charge in [0, 0.05) is 96.0 Å². The number of phenols is 1. The lowest BCUT2D eigenvalue weighted by Crippen LogP contribution is -2.08. The number of halogens is 1. The summed E-state index contributed by atoms with van der Waals surface area (Å²) >= 11 is 3.60. The van der Waals surface area contributed by atoms with E-state index in [9.17, 15) is 9.90 Å². The van der Waals surface area contributed by atoms with Gasteiger partial charge in [0.2, 0.25) is 0 Å².